The highest BCUT2D eigenvalue weighted by Gasteiger charge is 2.56. The lowest BCUT2D eigenvalue weighted by Gasteiger charge is -2.44. The molecule has 4 rings (SSSR count). The quantitative estimate of drug-likeness (QED) is 0.560. The second-order valence-corrected chi connectivity index (χ2v) is 9.10. The van der Waals surface area contributed by atoms with Crippen LogP contribution in [0.2, 0.25) is 0 Å². The normalized spacial score (nSPS) is 22.1. The minimum atomic E-state index is -1.37. The molecule has 1 aromatic heterocycles. The molecule has 2 aliphatic heterocycles. The number of aliphatic hydroxyl groups is 1. The molecule has 3 heterocycles. The molecule has 1 fully saturated rings. The van der Waals surface area contributed by atoms with Crippen LogP contribution in [0.25, 0.3) is 0 Å². The molecule has 2 aliphatic rings. The SMILES string of the molecule is C[C@@H](O)[C@H]1C(=O)N2C(C(=O)[O-])=C(Sc3ccccc3C[n+]3ccccc3)S[C@H]12. The number of amides is 1. The van der Waals surface area contributed by atoms with Gasteiger partial charge in [-0.1, -0.05) is 47.8 Å². The maximum Gasteiger partial charge on any atom is 0.236 e. The Morgan fingerprint density at radius 3 is 2.68 bits per heavy atom. The first-order chi connectivity index (χ1) is 13.5. The number of aromatic nitrogens is 1. The number of pyridine rings is 1. The maximum absolute atomic E-state index is 12.3. The molecule has 1 aromatic carbocycles. The van der Waals surface area contributed by atoms with E-state index in [4.69, 9.17) is 0 Å². The van der Waals surface area contributed by atoms with Crippen molar-refractivity contribution in [3.63, 3.8) is 0 Å². The standard InChI is InChI=1S/C20H18N2O4S2/c1-12(23)15-17(24)22-16(19(25)26)20(28-18(15)22)27-14-8-4-3-7-13(14)11-21-9-5-2-6-10-21/h2-10,12,15,18,23H,11H2,1H3/t12-,15+,18-/m1/s1. The van der Waals surface area contributed by atoms with Crippen LogP contribution in [0.3, 0.4) is 0 Å². The van der Waals surface area contributed by atoms with Crippen LogP contribution in [0, 0.1) is 5.92 Å². The van der Waals surface area contributed by atoms with Crippen LogP contribution in [0.4, 0.5) is 0 Å². The van der Waals surface area contributed by atoms with E-state index in [0.717, 1.165) is 10.5 Å². The van der Waals surface area contributed by atoms with E-state index in [1.54, 1.807) is 6.92 Å². The van der Waals surface area contributed by atoms with Crippen LogP contribution >= 0.6 is 23.5 Å². The molecular formula is C20H18N2O4S2. The Kier molecular flexibility index (Phi) is 5.18. The van der Waals surface area contributed by atoms with Crippen LogP contribution in [-0.2, 0) is 16.1 Å². The van der Waals surface area contributed by atoms with Crippen molar-refractivity contribution in [3.05, 3.63) is 70.4 Å². The summed E-state index contributed by atoms with van der Waals surface area (Å²) in [4.78, 5) is 26.2. The van der Waals surface area contributed by atoms with Crippen LogP contribution in [0.1, 0.15) is 12.5 Å². The third-order valence-corrected chi connectivity index (χ3v) is 7.45. The topological polar surface area (TPSA) is 84.5 Å². The van der Waals surface area contributed by atoms with Crippen molar-refractivity contribution in [2.75, 3.05) is 0 Å². The predicted octanol–water partition coefficient (Wildman–Crippen LogP) is 0.946. The van der Waals surface area contributed by atoms with Crippen molar-refractivity contribution in [2.45, 2.75) is 29.8 Å². The molecule has 0 bridgehead atoms. The van der Waals surface area contributed by atoms with Crippen LogP contribution in [-0.4, -0.2) is 33.4 Å². The number of carboxylic acid groups (broad SMARTS) is 1. The Labute approximate surface area is 170 Å². The first kappa shape index (κ1) is 19.0. The van der Waals surface area contributed by atoms with Gasteiger partial charge >= 0.3 is 0 Å². The summed E-state index contributed by atoms with van der Waals surface area (Å²) in [6, 6.07) is 13.6. The number of fused-ring (bicyclic) bond motifs is 1. The van der Waals surface area contributed by atoms with Gasteiger partial charge in [-0.05, 0) is 13.0 Å². The molecule has 2 aromatic rings. The van der Waals surface area contributed by atoms with Gasteiger partial charge in [0.05, 0.1) is 27.9 Å². The largest absolute Gasteiger partial charge is 0.543 e. The molecule has 1 saturated heterocycles. The number of hydrogen-bond donors (Lipinski definition) is 1. The number of β-lactam (4-membered cyclic amide) rings is 1. The molecule has 1 N–H and O–H groups in total. The second-order valence-electron chi connectivity index (χ2n) is 6.66. The third-order valence-electron chi connectivity index (χ3n) is 4.76. The summed E-state index contributed by atoms with van der Waals surface area (Å²) < 4.78 is 2.56. The fourth-order valence-electron chi connectivity index (χ4n) is 3.38. The Balaban J connectivity index is 1.63. The average molecular weight is 415 g/mol. The highest BCUT2D eigenvalue weighted by atomic mass is 32.2. The van der Waals surface area contributed by atoms with E-state index in [1.807, 2.05) is 59.4 Å². The zero-order valence-corrected chi connectivity index (χ0v) is 16.7. The molecule has 1 amide bonds. The number of thioether (sulfide) groups is 2. The van der Waals surface area contributed by atoms with E-state index < -0.39 is 23.4 Å². The van der Waals surface area contributed by atoms with Crippen molar-refractivity contribution in [1.82, 2.24) is 4.90 Å². The summed E-state index contributed by atoms with van der Waals surface area (Å²) in [5.41, 5.74) is 0.950. The van der Waals surface area contributed by atoms with Gasteiger partial charge in [-0.15, -0.1) is 0 Å². The zero-order chi connectivity index (χ0) is 19.8. The van der Waals surface area contributed by atoms with Gasteiger partial charge in [0.2, 0.25) is 5.91 Å². The van der Waals surface area contributed by atoms with Crippen molar-refractivity contribution < 1.29 is 24.4 Å². The van der Waals surface area contributed by atoms with E-state index in [-0.39, 0.29) is 11.6 Å². The summed E-state index contributed by atoms with van der Waals surface area (Å²) >= 11 is 2.64. The van der Waals surface area contributed by atoms with Gasteiger partial charge in [-0.3, -0.25) is 9.69 Å². The van der Waals surface area contributed by atoms with Crippen LogP contribution < -0.4 is 9.67 Å². The monoisotopic (exact) mass is 414 g/mol. The molecule has 0 saturated carbocycles. The summed E-state index contributed by atoms with van der Waals surface area (Å²) in [7, 11) is 0. The van der Waals surface area contributed by atoms with Crippen molar-refractivity contribution >= 4 is 35.4 Å². The number of carbonyl (C=O) groups excluding carboxylic acids is 2. The second kappa shape index (κ2) is 7.62. The Morgan fingerprint density at radius 2 is 2.00 bits per heavy atom. The van der Waals surface area contributed by atoms with Crippen LogP contribution in [0.15, 0.2) is 69.7 Å². The van der Waals surface area contributed by atoms with Crippen molar-refractivity contribution in [1.29, 1.82) is 0 Å². The molecule has 6 nitrogen and oxygen atoms in total. The van der Waals surface area contributed by atoms with Gasteiger partial charge < -0.3 is 15.0 Å². The summed E-state index contributed by atoms with van der Waals surface area (Å²) in [5.74, 6) is -2.33. The number of carboxylic acids is 1. The minimum absolute atomic E-state index is 0.0935. The molecule has 28 heavy (non-hydrogen) atoms. The number of benzene rings is 1. The highest BCUT2D eigenvalue weighted by molar-refractivity contribution is 8.22. The smallest absolute Gasteiger partial charge is 0.236 e. The van der Waals surface area contributed by atoms with Gasteiger partial charge in [-0.2, -0.15) is 0 Å². The number of aliphatic hydroxyl groups excluding tert-OH is 1. The third kappa shape index (κ3) is 3.32. The fourth-order valence-corrected chi connectivity index (χ4v) is 6.35. The Bertz CT molecular complexity index is 962. The first-order valence-electron chi connectivity index (χ1n) is 8.80. The van der Waals surface area contributed by atoms with Gasteiger partial charge in [0.1, 0.15) is 5.37 Å². The molecule has 0 spiro atoms. The molecular weight excluding hydrogens is 396 g/mol. The lowest BCUT2D eigenvalue weighted by molar-refractivity contribution is -0.688. The van der Waals surface area contributed by atoms with Gasteiger partial charge in [-0.25, -0.2) is 4.57 Å². The minimum Gasteiger partial charge on any atom is -0.543 e. The zero-order valence-electron chi connectivity index (χ0n) is 15.0. The van der Waals surface area contributed by atoms with Crippen LogP contribution in [0.5, 0.6) is 0 Å². The molecule has 0 radical (unpaired) electrons. The van der Waals surface area contributed by atoms with E-state index in [2.05, 4.69) is 0 Å². The van der Waals surface area contributed by atoms with E-state index in [0.29, 0.717) is 10.8 Å². The summed E-state index contributed by atoms with van der Waals surface area (Å²) in [6.45, 7) is 2.20. The van der Waals surface area contributed by atoms with E-state index in [1.165, 1.54) is 28.4 Å². The predicted molar refractivity (Wildman–Crippen MR) is 103 cm³/mol. The molecule has 8 heteroatoms. The number of aliphatic carboxylic acids is 1. The Morgan fingerprint density at radius 1 is 1.29 bits per heavy atom. The molecule has 3 atom stereocenters. The first-order valence-corrected chi connectivity index (χ1v) is 10.5. The maximum atomic E-state index is 12.3. The number of carbonyl (C=O) groups is 2. The van der Waals surface area contributed by atoms with Gasteiger partial charge in [0, 0.05) is 22.6 Å². The van der Waals surface area contributed by atoms with E-state index in [9.17, 15) is 19.8 Å². The molecule has 0 aliphatic carbocycles. The average Bonchev–Trinajstić information content (AvgIpc) is 2.98. The highest BCUT2D eigenvalue weighted by Crippen LogP contribution is 2.55. The lowest BCUT2D eigenvalue weighted by atomic mass is 9.92. The fraction of sp³-hybridized carbons (Fsp3) is 0.250. The number of hydrogen-bond acceptors (Lipinski definition) is 6. The number of rotatable bonds is 6. The van der Waals surface area contributed by atoms with Crippen molar-refractivity contribution in [2.24, 2.45) is 5.92 Å². The van der Waals surface area contributed by atoms with Gasteiger partial charge in [0.25, 0.3) is 0 Å². The number of nitrogens with zero attached hydrogens (tertiary/aromatic N) is 2. The van der Waals surface area contributed by atoms with Gasteiger partial charge in [0.15, 0.2) is 18.9 Å². The van der Waals surface area contributed by atoms with E-state index >= 15 is 0 Å². The molecule has 0 unspecified atom stereocenters. The summed E-state index contributed by atoms with van der Waals surface area (Å²) in [5, 5.41) is 21.2. The van der Waals surface area contributed by atoms with Crippen molar-refractivity contribution in [3.8, 4) is 0 Å². The summed E-state index contributed by atoms with van der Waals surface area (Å²) in [6.07, 6.45) is 3.11. The Hall–Kier alpha value is -2.29. The lowest BCUT2D eigenvalue weighted by Crippen LogP contribution is -2.61. The molecule has 144 valence electrons.